The maximum atomic E-state index is 13.0. The van der Waals surface area contributed by atoms with E-state index in [0.717, 1.165) is 34.2 Å². The van der Waals surface area contributed by atoms with Gasteiger partial charge in [0.2, 0.25) is 11.2 Å². The lowest BCUT2D eigenvalue weighted by Gasteiger charge is -2.21. The molecule has 0 amide bonds. The fourth-order valence-electron chi connectivity index (χ4n) is 4.59. The van der Waals surface area contributed by atoms with Gasteiger partial charge in [0.1, 0.15) is 0 Å². The molecule has 7 heteroatoms. The van der Waals surface area contributed by atoms with Gasteiger partial charge in [-0.1, -0.05) is 48.0 Å². The number of fused-ring (bicyclic) bond motifs is 3. The highest BCUT2D eigenvalue weighted by molar-refractivity contribution is 6.34. The standard InChI is InChI=1S/C27H28ClNO5/c1-31-22-13-11-17-19(14-21(22)30)20(29-15-16-8-6-5-7-9-16)12-10-18-23(17)25(32-2)27(34-4)26(33-3)24(18)28/h5-9,11,13-14,20,29H,10,12,15H2,1-4H3/t20-/m0/s1. The lowest BCUT2D eigenvalue weighted by atomic mass is 9.95. The predicted octanol–water partition coefficient (Wildman–Crippen LogP) is 5.18. The Morgan fingerprint density at radius 3 is 2.26 bits per heavy atom. The number of nitrogens with one attached hydrogen (secondary N) is 1. The Morgan fingerprint density at radius 2 is 1.62 bits per heavy atom. The van der Waals surface area contributed by atoms with Crippen LogP contribution in [-0.2, 0) is 13.0 Å². The van der Waals surface area contributed by atoms with Gasteiger partial charge >= 0.3 is 0 Å². The molecule has 1 aliphatic rings. The maximum Gasteiger partial charge on any atom is 0.220 e. The molecule has 6 nitrogen and oxygen atoms in total. The predicted molar refractivity (Wildman–Crippen MR) is 134 cm³/mol. The zero-order valence-electron chi connectivity index (χ0n) is 19.7. The van der Waals surface area contributed by atoms with Crippen LogP contribution in [0, 0.1) is 0 Å². The SMILES string of the molecule is COc1c(Cl)c2c(c(OC)c1OC)-c1ccc(OC)c(=O)cc1[C@@H](NCc1ccccc1)CC2. The van der Waals surface area contributed by atoms with E-state index in [4.69, 9.17) is 30.5 Å². The van der Waals surface area contributed by atoms with Gasteiger partial charge < -0.3 is 24.3 Å². The number of rotatable bonds is 7. The van der Waals surface area contributed by atoms with E-state index in [0.29, 0.717) is 35.2 Å². The van der Waals surface area contributed by atoms with Crippen LogP contribution in [0.1, 0.15) is 29.2 Å². The van der Waals surface area contributed by atoms with E-state index < -0.39 is 0 Å². The molecule has 1 atom stereocenters. The van der Waals surface area contributed by atoms with E-state index in [1.54, 1.807) is 33.5 Å². The largest absolute Gasteiger partial charge is 0.493 e. The quantitative estimate of drug-likeness (QED) is 0.501. The average Bonchev–Trinajstić information content (AvgIpc) is 3.11. The van der Waals surface area contributed by atoms with E-state index in [1.807, 2.05) is 24.3 Å². The molecule has 3 aromatic carbocycles. The van der Waals surface area contributed by atoms with Crippen LogP contribution in [0.25, 0.3) is 11.1 Å². The van der Waals surface area contributed by atoms with E-state index in [1.165, 1.54) is 7.11 Å². The van der Waals surface area contributed by atoms with Crippen LogP contribution >= 0.6 is 11.6 Å². The summed E-state index contributed by atoms with van der Waals surface area (Å²) < 4.78 is 22.4. The minimum atomic E-state index is -0.191. The number of methoxy groups -OCH3 is 4. The Morgan fingerprint density at radius 1 is 0.912 bits per heavy atom. The van der Waals surface area contributed by atoms with Crippen molar-refractivity contribution in [2.45, 2.75) is 25.4 Å². The summed E-state index contributed by atoms with van der Waals surface area (Å²) in [6.45, 7) is 0.655. The molecule has 0 spiro atoms. The van der Waals surface area contributed by atoms with Gasteiger partial charge in [-0.25, -0.2) is 0 Å². The summed E-state index contributed by atoms with van der Waals surface area (Å²) >= 11 is 6.85. The topological polar surface area (TPSA) is 66.0 Å². The van der Waals surface area contributed by atoms with Crippen molar-refractivity contribution in [1.82, 2.24) is 5.32 Å². The van der Waals surface area contributed by atoms with Gasteiger partial charge in [-0.05, 0) is 47.2 Å². The zero-order valence-corrected chi connectivity index (χ0v) is 20.5. The normalized spacial score (nSPS) is 14.4. The van der Waals surface area contributed by atoms with Crippen LogP contribution in [0.4, 0.5) is 0 Å². The van der Waals surface area contributed by atoms with Crippen LogP contribution < -0.4 is 29.7 Å². The third-order valence-corrected chi connectivity index (χ3v) is 6.60. The highest BCUT2D eigenvalue weighted by Gasteiger charge is 2.31. The van der Waals surface area contributed by atoms with E-state index in [-0.39, 0.29) is 17.2 Å². The monoisotopic (exact) mass is 481 g/mol. The van der Waals surface area contributed by atoms with E-state index in [2.05, 4.69) is 17.4 Å². The Bertz CT molecular complexity index is 1250. The molecule has 0 bridgehead atoms. The molecule has 1 N–H and O–H groups in total. The summed E-state index contributed by atoms with van der Waals surface area (Å²) in [6.07, 6.45) is 1.37. The maximum absolute atomic E-state index is 13.0. The first-order valence-corrected chi connectivity index (χ1v) is 11.4. The molecular formula is C27H28ClNO5. The first-order valence-electron chi connectivity index (χ1n) is 11.0. The third-order valence-electron chi connectivity index (χ3n) is 6.20. The van der Waals surface area contributed by atoms with Crippen LogP contribution in [0.2, 0.25) is 5.02 Å². The summed E-state index contributed by atoms with van der Waals surface area (Å²) in [4.78, 5) is 13.0. The Labute approximate surface area is 204 Å². The molecule has 0 unspecified atom stereocenters. The summed E-state index contributed by atoms with van der Waals surface area (Å²) in [5, 5.41) is 4.11. The van der Waals surface area contributed by atoms with Gasteiger partial charge in [0.25, 0.3) is 0 Å². The zero-order chi connectivity index (χ0) is 24.2. The highest BCUT2D eigenvalue weighted by atomic mass is 35.5. The Hall–Kier alpha value is -3.22. The van der Waals surface area contributed by atoms with Gasteiger partial charge in [-0.2, -0.15) is 0 Å². The number of hydrogen-bond acceptors (Lipinski definition) is 6. The summed E-state index contributed by atoms with van der Waals surface area (Å²) in [6, 6.07) is 15.3. The van der Waals surface area contributed by atoms with Crippen LogP contribution in [-0.4, -0.2) is 28.4 Å². The molecule has 3 aromatic rings. The number of halogens is 1. The number of ether oxygens (including phenoxy) is 4. The second-order valence-corrected chi connectivity index (χ2v) is 8.38. The van der Waals surface area contributed by atoms with Crippen molar-refractivity contribution in [3.8, 4) is 34.1 Å². The van der Waals surface area contributed by atoms with Gasteiger partial charge in [-0.15, -0.1) is 0 Å². The molecule has 0 heterocycles. The van der Waals surface area contributed by atoms with Crippen molar-refractivity contribution < 1.29 is 18.9 Å². The first kappa shape index (κ1) is 23.9. The fraction of sp³-hybridized carbons (Fsp3) is 0.296. The molecule has 0 aromatic heterocycles. The summed E-state index contributed by atoms with van der Waals surface area (Å²) in [7, 11) is 6.18. The minimum Gasteiger partial charge on any atom is -0.493 e. The third kappa shape index (κ3) is 4.31. The summed E-state index contributed by atoms with van der Waals surface area (Å²) in [5.41, 5.74) is 4.33. The average molecular weight is 482 g/mol. The van der Waals surface area contributed by atoms with Crippen LogP contribution in [0.15, 0.2) is 53.3 Å². The van der Waals surface area contributed by atoms with Gasteiger partial charge in [0.15, 0.2) is 17.2 Å². The second-order valence-electron chi connectivity index (χ2n) is 8.00. The van der Waals surface area contributed by atoms with Crippen molar-refractivity contribution in [2.75, 3.05) is 28.4 Å². The Balaban J connectivity index is 1.96. The molecule has 0 fully saturated rings. The second kappa shape index (κ2) is 10.4. The first-order chi connectivity index (χ1) is 16.5. The van der Waals surface area contributed by atoms with E-state index >= 15 is 0 Å². The molecule has 34 heavy (non-hydrogen) atoms. The molecule has 1 aliphatic carbocycles. The van der Waals surface area contributed by atoms with Crippen LogP contribution in [0.5, 0.6) is 23.0 Å². The molecule has 0 radical (unpaired) electrons. The van der Waals surface area contributed by atoms with Crippen molar-refractivity contribution in [3.05, 3.63) is 80.5 Å². The molecule has 0 saturated carbocycles. The van der Waals surface area contributed by atoms with Crippen LogP contribution in [0.3, 0.4) is 0 Å². The molecule has 4 rings (SSSR count). The smallest absolute Gasteiger partial charge is 0.220 e. The van der Waals surface area contributed by atoms with Gasteiger partial charge in [0.05, 0.1) is 33.5 Å². The van der Waals surface area contributed by atoms with Crippen molar-refractivity contribution in [3.63, 3.8) is 0 Å². The fourth-order valence-corrected chi connectivity index (χ4v) is 4.94. The lowest BCUT2D eigenvalue weighted by molar-refractivity contribution is 0.325. The number of hydrogen-bond donors (Lipinski definition) is 1. The highest BCUT2D eigenvalue weighted by Crippen LogP contribution is 2.54. The van der Waals surface area contributed by atoms with Crippen molar-refractivity contribution in [1.29, 1.82) is 0 Å². The van der Waals surface area contributed by atoms with E-state index in [9.17, 15) is 4.79 Å². The van der Waals surface area contributed by atoms with Gasteiger partial charge in [0, 0.05) is 18.2 Å². The van der Waals surface area contributed by atoms with Gasteiger partial charge in [-0.3, -0.25) is 4.79 Å². The molecule has 0 saturated heterocycles. The number of benzene rings is 2. The molecule has 178 valence electrons. The minimum absolute atomic E-state index is 0.106. The molecular weight excluding hydrogens is 454 g/mol. The van der Waals surface area contributed by atoms with Crippen molar-refractivity contribution >= 4 is 11.6 Å². The van der Waals surface area contributed by atoms with Crippen molar-refractivity contribution in [2.24, 2.45) is 0 Å². The Kier molecular flexibility index (Phi) is 7.29. The lowest BCUT2D eigenvalue weighted by Crippen LogP contribution is -2.22. The molecule has 0 aliphatic heterocycles. The summed E-state index contributed by atoms with van der Waals surface area (Å²) in [5.74, 6) is 1.62.